The summed E-state index contributed by atoms with van der Waals surface area (Å²) in [5, 5.41) is 2.69. The van der Waals surface area contributed by atoms with Crippen LogP contribution in [0.1, 0.15) is 19.8 Å². The Morgan fingerprint density at radius 2 is 2.05 bits per heavy atom. The van der Waals surface area contributed by atoms with Gasteiger partial charge in [-0.15, -0.1) is 0 Å². The number of nitrogens with one attached hydrogen (secondary N) is 1. The van der Waals surface area contributed by atoms with Crippen LogP contribution in [0.5, 0.6) is 5.75 Å². The molecule has 104 valence electrons. The third kappa shape index (κ3) is 5.30. The quantitative estimate of drug-likeness (QED) is 0.815. The highest BCUT2D eigenvalue weighted by molar-refractivity contribution is 9.10. The molecular weight excluding hydrogens is 314 g/mol. The molecule has 0 aliphatic carbocycles. The average molecular weight is 330 g/mol. The van der Waals surface area contributed by atoms with Gasteiger partial charge in [0.15, 0.2) is 0 Å². The fourth-order valence-corrected chi connectivity index (χ4v) is 1.82. The Morgan fingerprint density at radius 1 is 1.32 bits per heavy atom. The Morgan fingerprint density at radius 3 is 2.68 bits per heavy atom. The Bertz CT molecular complexity index is 462. The number of ether oxygens (including phenoxy) is 2. The van der Waals surface area contributed by atoms with Crippen molar-refractivity contribution in [3.8, 4) is 5.75 Å². The van der Waals surface area contributed by atoms with Gasteiger partial charge in [-0.1, -0.05) is 0 Å². The smallest absolute Gasteiger partial charge is 0.306 e. The van der Waals surface area contributed by atoms with E-state index in [1.54, 1.807) is 32.2 Å². The molecule has 0 aliphatic heterocycles. The van der Waals surface area contributed by atoms with Crippen molar-refractivity contribution < 1.29 is 19.1 Å². The summed E-state index contributed by atoms with van der Waals surface area (Å²) in [6, 6.07) is 5.22. The first-order valence-corrected chi connectivity index (χ1v) is 6.65. The Labute approximate surface area is 120 Å². The molecule has 0 spiro atoms. The maximum absolute atomic E-state index is 11.6. The van der Waals surface area contributed by atoms with Gasteiger partial charge in [0, 0.05) is 18.2 Å². The summed E-state index contributed by atoms with van der Waals surface area (Å²) in [6.45, 7) is 2.05. The minimum absolute atomic E-state index is 0.0767. The normalized spacial score (nSPS) is 9.84. The van der Waals surface area contributed by atoms with Gasteiger partial charge in [0.25, 0.3) is 0 Å². The number of hydrogen-bond acceptors (Lipinski definition) is 4. The molecule has 1 aromatic carbocycles. The molecule has 0 bridgehead atoms. The van der Waals surface area contributed by atoms with Crippen molar-refractivity contribution in [3.05, 3.63) is 22.7 Å². The van der Waals surface area contributed by atoms with Crippen molar-refractivity contribution in [2.24, 2.45) is 0 Å². The SMILES string of the molecule is CCOC(=O)CCC(=O)Nc1ccc(Br)c(OC)c1. The molecular formula is C13H16BrNO4. The van der Waals surface area contributed by atoms with Crippen molar-refractivity contribution in [1.29, 1.82) is 0 Å². The number of methoxy groups -OCH3 is 1. The van der Waals surface area contributed by atoms with E-state index in [9.17, 15) is 9.59 Å². The molecule has 0 aromatic heterocycles. The summed E-state index contributed by atoms with van der Waals surface area (Å²) in [5.41, 5.74) is 0.619. The lowest BCUT2D eigenvalue weighted by Gasteiger charge is -2.08. The van der Waals surface area contributed by atoms with E-state index in [4.69, 9.17) is 9.47 Å². The summed E-state index contributed by atoms with van der Waals surface area (Å²) in [4.78, 5) is 22.8. The maximum Gasteiger partial charge on any atom is 0.306 e. The molecule has 1 aromatic rings. The van der Waals surface area contributed by atoms with Crippen LogP contribution in [0.2, 0.25) is 0 Å². The van der Waals surface area contributed by atoms with Gasteiger partial charge >= 0.3 is 5.97 Å². The largest absolute Gasteiger partial charge is 0.495 e. The first-order valence-electron chi connectivity index (χ1n) is 5.85. The number of amides is 1. The van der Waals surface area contributed by atoms with Gasteiger partial charge in [-0.2, -0.15) is 0 Å². The molecule has 0 heterocycles. The van der Waals surface area contributed by atoms with Crippen LogP contribution in [-0.4, -0.2) is 25.6 Å². The van der Waals surface area contributed by atoms with Gasteiger partial charge in [0.1, 0.15) is 5.75 Å². The van der Waals surface area contributed by atoms with Crippen molar-refractivity contribution in [2.45, 2.75) is 19.8 Å². The fourth-order valence-electron chi connectivity index (χ4n) is 1.41. The fraction of sp³-hybridized carbons (Fsp3) is 0.385. The third-order valence-electron chi connectivity index (χ3n) is 2.30. The molecule has 1 N–H and O–H groups in total. The van der Waals surface area contributed by atoms with Crippen LogP contribution in [0.3, 0.4) is 0 Å². The molecule has 0 saturated carbocycles. The molecule has 19 heavy (non-hydrogen) atoms. The second kappa shape index (κ2) is 7.78. The predicted molar refractivity (Wildman–Crippen MR) is 75.2 cm³/mol. The summed E-state index contributed by atoms with van der Waals surface area (Å²) >= 11 is 3.32. The molecule has 0 saturated heterocycles. The van der Waals surface area contributed by atoms with E-state index in [0.29, 0.717) is 18.0 Å². The van der Waals surface area contributed by atoms with E-state index < -0.39 is 0 Å². The first kappa shape index (κ1) is 15.5. The number of hydrogen-bond donors (Lipinski definition) is 1. The van der Waals surface area contributed by atoms with E-state index in [-0.39, 0.29) is 24.7 Å². The average Bonchev–Trinajstić information content (AvgIpc) is 2.39. The molecule has 0 fully saturated rings. The Kier molecular flexibility index (Phi) is 6.35. The van der Waals surface area contributed by atoms with E-state index in [1.165, 1.54) is 0 Å². The molecule has 1 amide bonds. The standard InChI is InChI=1S/C13H16BrNO4/c1-3-19-13(17)7-6-12(16)15-9-4-5-10(14)11(8-9)18-2/h4-5,8H,3,6-7H2,1-2H3,(H,15,16). The van der Waals surface area contributed by atoms with Gasteiger partial charge < -0.3 is 14.8 Å². The van der Waals surface area contributed by atoms with Crippen molar-refractivity contribution in [1.82, 2.24) is 0 Å². The lowest BCUT2D eigenvalue weighted by molar-refractivity contribution is -0.144. The zero-order valence-corrected chi connectivity index (χ0v) is 12.5. The molecule has 6 heteroatoms. The highest BCUT2D eigenvalue weighted by Gasteiger charge is 2.09. The van der Waals surface area contributed by atoms with Crippen molar-refractivity contribution >= 4 is 33.5 Å². The van der Waals surface area contributed by atoms with Crippen LogP contribution in [0.4, 0.5) is 5.69 Å². The van der Waals surface area contributed by atoms with Gasteiger partial charge in [0.2, 0.25) is 5.91 Å². The van der Waals surface area contributed by atoms with Gasteiger partial charge in [-0.3, -0.25) is 9.59 Å². The lowest BCUT2D eigenvalue weighted by Crippen LogP contribution is -2.14. The molecule has 0 unspecified atom stereocenters. The number of carbonyl (C=O) groups excluding carboxylic acids is 2. The molecule has 1 rings (SSSR count). The lowest BCUT2D eigenvalue weighted by atomic mass is 10.2. The number of rotatable bonds is 6. The summed E-state index contributed by atoms with van der Waals surface area (Å²) in [5.74, 6) is 0.0201. The third-order valence-corrected chi connectivity index (χ3v) is 2.95. The molecule has 5 nitrogen and oxygen atoms in total. The van der Waals surface area contributed by atoms with Gasteiger partial charge in [-0.05, 0) is 35.0 Å². The molecule has 0 atom stereocenters. The maximum atomic E-state index is 11.6. The summed E-state index contributed by atoms with van der Waals surface area (Å²) in [7, 11) is 1.55. The number of halogens is 1. The molecule has 0 aliphatic rings. The number of anilines is 1. The number of benzene rings is 1. The van der Waals surface area contributed by atoms with Crippen LogP contribution in [0.25, 0.3) is 0 Å². The summed E-state index contributed by atoms with van der Waals surface area (Å²) < 4.78 is 10.7. The minimum atomic E-state index is -0.369. The monoisotopic (exact) mass is 329 g/mol. The van der Waals surface area contributed by atoms with Crippen LogP contribution >= 0.6 is 15.9 Å². The molecule has 0 radical (unpaired) electrons. The number of esters is 1. The van der Waals surface area contributed by atoms with E-state index >= 15 is 0 Å². The summed E-state index contributed by atoms with van der Waals surface area (Å²) in [6.07, 6.45) is 0.171. The van der Waals surface area contributed by atoms with Crippen LogP contribution < -0.4 is 10.1 Å². The Balaban J connectivity index is 2.50. The van der Waals surface area contributed by atoms with Gasteiger partial charge in [0.05, 0.1) is 24.6 Å². The zero-order chi connectivity index (χ0) is 14.3. The van der Waals surface area contributed by atoms with E-state index in [1.807, 2.05) is 0 Å². The van der Waals surface area contributed by atoms with Gasteiger partial charge in [-0.25, -0.2) is 0 Å². The number of carbonyl (C=O) groups is 2. The topological polar surface area (TPSA) is 64.6 Å². The highest BCUT2D eigenvalue weighted by Crippen LogP contribution is 2.27. The first-order chi connectivity index (χ1) is 9.06. The van der Waals surface area contributed by atoms with Crippen molar-refractivity contribution in [3.63, 3.8) is 0 Å². The second-order valence-electron chi connectivity index (χ2n) is 3.70. The zero-order valence-electron chi connectivity index (χ0n) is 10.9. The minimum Gasteiger partial charge on any atom is -0.495 e. The highest BCUT2D eigenvalue weighted by atomic mass is 79.9. The van der Waals surface area contributed by atoms with Crippen LogP contribution in [0, 0.1) is 0 Å². The second-order valence-corrected chi connectivity index (χ2v) is 4.56. The Hall–Kier alpha value is -1.56. The van der Waals surface area contributed by atoms with Crippen LogP contribution in [0.15, 0.2) is 22.7 Å². The van der Waals surface area contributed by atoms with E-state index in [2.05, 4.69) is 21.2 Å². The van der Waals surface area contributed by atoms with Crippen LogP contribution in [-0.2, 0) is 14.3 Å². The van der Waals surface area contributed by atoms with E-state index in [0.717, 1.165) is 4.47 Å². The predicted octanol–water partition coefficient (Wildman–Crippen LogP) is 2.74. The van der Waals surface area contributed by atoms with Crippen molar-refractivity contribution in [2.75, 3.05) is 19.0 Å².